The number of carbonyl (C=O) groups is 1. The molecule has 0 bridgehead atoms. The average Bonchev–Trinajstić information content (AvgIpc) is 2.96. The Bertz CT molecular complexity index is 927. The van der Waals surface area contributed by atoms with Gasteiger partial charge in [0.15, 0.2) is 0 Å². The van der Waals surface area contributed by atoms with Crippen molar-refractivity contribution in [1.82, 2.24) is 14.9 Å². The number of imidazole rings is 1. The van der Waals surface area contributed by atoms with Crippen LogP contribution in [0.15, 0.2) is 72.8 Å². The molecule has 1 amide bonds. The lowest BCUT2D eigenvalue weighted by Gasteiger charge is -2.11. The van der Waals surface area contributed by atoms with E-state index >= 15 is 0 Å². The lowest BCUT2D eigenvalue weighted by Crippen LogP contribution is -2.23. The van der Waals surface area contributed by atoms with E-state index in [2.05, 4.69) is 47.7 Å². The van der Waals surface area contributed by atoms with Crippen molar-refractivity contribution in [2.24, 2.45) is 0 Å². The first-order valence-corrected chi connectivity index (χ1v) is 9.11. The second-order valence-electron chi connectivity index (χ2n) is 6.76. The number of carbonyl (C=O) groups excluding carboxylic acids is 1. The number of amides is 1. The van der Waals surface area contributed by atoms with Gasteiger partial charge >= 0.3 is 0 Å². The number of nitrogens with one attached hydrogen (secondary N) is 1. The van der Waals surface area contributed by atoms with Gasteiger partial charge in [-0.15, -0.1) is 0 Å². The van der Waals surface area contributed by atoms with Gasteiger partial charge in [0, 0.05) is 24.2 Å². The summed E-state index contributed by atoms with van der Waals surface area (Å²) in [5.74, 6) is 0.860. The quantitative estimate of drug-likeness (QED) is 0.648. The molecule has 0 atom stereocenters. The van der Waals surface area contributed by atoms with E-state index in [4.69, 9.17) is 4.98 Å². The van der Waals surface area contributed by atoms with Gasteiger partial charge in [-0.2, -0.15) is 0 Å². The fourth-order valence-corrected chi connectivity index (χ4v) is 3.02. The zero-order valence-corrected chi connectivity index (χ0v) is 15.9. The highest BCUT2D eigenvalue weighted by atomic mass is 16.1. The SMILES string of the molecule is C=C(C)C(=O)NCc1nc(Cc2ccccc2)n(Cc2ccccc2)c1C. The van der Waals surface area contributed by atoms with Crippen LogP contribution in [0, 0.1) is 6.92 Å². The van der Waals surface area contributed by atoms with Gasteiger partial charge in [0.2, 0.25) is 5.91 Å². The molecule has 1 aromatic heterocycles. The number of aromatic nitrogens is 2. The molecule has 3 aromatic rings. The molecule has 0 aliphatic heterocycles. The minimum absolute atomic E-state index is 0.142. The van der Waals surface area contributed by atoms with Crippen molar-refractivity contribution in [3.63, 3.8) is 0 Å². The molecular formula is C23H25N3O. The molecule has 27 heavy (non-hydrogen) atoms. The minimum atomic E-state index is -0.142. The van der Waals surface area contributed by atoms with E-state index in [0.717, 1.165) is 30.2 Å². The van der Waals surface area contributed by atoms with Gasteiger partial charge in [0.1, 0.15) is 5.82 Å². The summed E-state index contributed by atoms with van der Waals surface area (Å²) in [6.45, 7) is 8.62. The smallest absolute Gasteiger partial charge is 0.246 e. The van der Waals surface area contributed by atoms with Crippen LogP contribution >= 0.6 is 0 Å². The fourth-order valence-electron chi connectivity index (χ4n) is 3.02. The lowest BCUT2D eigenvalue weighted by atomic mass is 10.1. The topological polar surface area (TPSA) is 46.9 Å². The van der Waals surface area contributed by atoms with Crippen LogP contribution in [0.25, 0.3) is 0 Å². The van der Waals surface area contributed by atoms with Gasteiger partial charge in [0.25, 0.3) is 0 Å². The van der Waals surface area contributed by atoms with Crippen molar-refractivity contribution in [3.8, 4) is 0 Å². The number of hydrogen-bond acceptors (Lipinski definition) is 2. The second-order valence-corrected chi connectivity index (χ2v) is 6.76. The van der Waals surface area contributed by atoms with Crippen molar-refractivity contribution in [1.29, 1.82) is 0 Å². The molecule has 2 aromatic carbocycles. The molecule has 3 rings (SSSR count). The zero-order chi connectivity index (χ0) is 19.2. The highest BCUT2D eigenvalue weighted by Gasteiger charge is 2.15. The molecule has 0 radical (unpaired) electrons. The van der Waals surface area contributed by atoms with Crippen LogP contribution in [0.3, 0.4) is 0 Å². The third-order valence-corrected chi connectivity index (χ3v) is 4.59. The minimum Gasteiger partial charge on any atom is -0.347 e. The first-order valence-electron chi connectivity index (χ1n) is 9.11. The van der Waals surface area contributed by atoms with Crippen LogP contribution in [0.4, 0.5) is 0 Å². The number of benzene rings is 2. The van der Waals surface area contributed by atoms with Crippen LogP contribution < -0.4 is 5.32 Å². The Labute approximate surface area is 160 Å². The molecular weight excluding hydrogens is 334 g/mol. The molecule has 0 spiro atoms. The maximum absolute atomic E-state index is 11.9. The molecule has 0 aliphatic carbocycles. The van der Waals surface area contributed by atoms with Crippen molar-refractivity contribution in [3.05, 3.63) is 101 Å². The molecule has 1 N–H and O–H groups in total. The summed E-state index contributed by atoms with van der Waals surface area (Å²) >= 11 is 0. The first-order chi connectivity index (χ1) is 13.0. The fraction of sp³-hybridized carbons (Fsp3) is 0.217. The van der Waals surface area contributed by atoms with E-state index in [0.29, 0.717) is 12.1 Å². The maximum Gasteiger partial charge on any atom is 0.246 e. The second kappa shape index (κ2) is 8.49. The Morgan fingerprint density at radius 2 is 1.63 bits per heavy atom. The summed E-state index contributed by atoms with van der Waals surface area (Å²) < 4.78 is 2.24. The predicted molar refractivity (Wildman–Crippen MR) is 108 cm³/mol. The molecule has 0 saturated heterocycles. The predicted octanol–water partition coefficient (Wildman–Crippen LogP) is 4.02. The molecule has 0 fully saturated rings. The van der Waals surface area contributed by atoms with Crippen LogP contribution in [-0.4, -0.2) is 15.5 Å². The van der Waals surface area contributed by atoms with E-state index in [1.165, 1.54) is 11.1 Å². The number of nitrogens with zero attached hydrogens (tertiary/aromatic N) is 2. The highest BCUT2D eigenvalue weighted by Crippen LogP contribution is 2.17. The van der Waals surface area contributed by atoms with Crippen molar-refractivity contribution < 1.29 is 4.79 Å². The van der Waals surface area contributed by atoms with Crippen molar-refractivity contribution in [2.75, 3.05) is 0 Å². The Morgan fingerprint density at radius 1 is 1.04 bits per heavy atom. The molecule has 4 heteroatoms. The van der Waals surface area contributed by atoms with Crippen LogP contribution in [0.5, 0.6) is 0 Å². The number of rotatable bonds is 7. The Morgan fingerprint density at radius 3 is 2.22 bits per heavy atom. The Balaban J connectivity index is 1.90. The van der Waals surface area contributed by atoms with Gasteiger partial charge < -0.3 is 9.88 Å². The van der Waals surface area contributed by atoms with Gasteiger partial charge in [-0.05, 0) is 25.0 Å². The van der Waals surface area contributed by atoms with Gasteiger partial charge in [-0.3, -0.25) is 4.79 Å². The van der Waals surface area contributed by atoms with Gasteiger partial charge in [-0.1, -0.05) is 67.2 Å². The summed E-state index contributed by atoms with van der Waals surface area (Å²) in [6.07, 6.45) is 0.753. The van der Waals surface area contributed by atoms with E-state index in [1.54, 1.807) is 6.92 Å². The standard InChI is InChI=1S/C23H25N3O/c1-17(2)23(27)24-15-21-18(3)26(16-20-12-8-5-9-13-20)22(25-21)14-19-10-6-4-7-11-19/h4-13H,1,14-16H2,2-3H3,(H,24,27). The third kappa shape index (κ3) is 4.73. The normalized spacial score (nSPS) is 10.6. The Hall–Kier alpha value is -3.14. The van der Waals surface area contributed by atoms with Crippen LogP contribution in [0.1, 0.15) is 35.3 Å². The molecule has 1 heterocycles. The molecule has 4 nitrogen and oxygen atoms in total. The van der Waals surface area contributed by atoms with E-state index in [9.17, 15) is 4.79 Å². The third-order valence-electron chi connectivity index (χ3n) is 4.59. The Kier molecular flexibility index (Phi) is 5.87. The lowest BCUT2D eigenvalue weighted by molar-refractivity contribution is -0.117. The van der Waals surface area contributed by atoms with E-state index < -0.39 is 0 Å². The molecule has 138 valence electrons. The average molecular weight is 359 g/mol. The van der Waals surface area contributed by atoms with Crippen LogP contribution in [-0.2, 0) is 24.3 Å². The zero-order valence-electron chi connectivity index (χ0n) is 15.9. The van der Waals surface area contributed by atoms with Crippen molar-refractivity contribution in [2.45, 2.75) is 33.4 Å². The van der Waals surface area contributed by atoms with E-state index in [-0.39, 0.29) is 5.91 Å². The van der Waals surface area contributed by atoms with Crippen LogP contribution in [0.2, 0.25) is 0 Å². The van der Waals surface area contributed by atoms with Crippen molar-refractivity contribution >= 4 is 5.91 Å². The van der Waals surface area contributed by atoms with Gasteiger partial charge in [0.05, 0.1) is 12.2 Å². The summed E-state index contributed by atoms with van der Waals surface area (Å²) in [6, 6.07) is 20.7. The summed E-state index contributed by atoms with van der Waals surface area (Å²) in [4.78, 5) is 16.7. The van der Waals surface area contributed by atoms with E-state index in [1.807, 2.05) is 36.4 Å². The summed E-state index contributed by atoms with van der Waals surface area (Å²) in [7, 11) is 0. The monoisotopic (exact) mass is 359 g/mol. The molecule has 0 saturated carbocycles. The summed E-state index contributed by atoms with van der Waals surface area (Å²) in [5.41, 5.74) is 4.92. The number of hydrogen-bond donors (Lipinski definition) is 1. The largest absolute Gasteiger partial charge is 0.347 e. The first kappa shape index (κ1) is 18.6. The molecule has 0 unspecified atom stereocenters. The van der Waals surface area contributed by atoms with Gasteiger partial charge in [-0.25, -0.2) is 4.98 Å². The summed E-state index contributed by atoms with van der Waals surface area (Å²) in [5, 5.41) is 2.89. The maximum atomic E-state index is 11.9. The highest BCUT2D eigenvalue weighted by molar-refractivity contribution is 5.91. The molecule has 0 aliphatic rings.